The fraction of sp³-hybridized carbons (Fsp3) is 0.429. The lowest BCUT2D eigenvalue weighted by atomic mass is 10.1. The van der Waals surface area contributed by atoms with E-state index in [-0.39, 0.29) is 18.9 Å². The number of hydrogen-bond acceptors (Lipinski definition) is 6. The van der Waals surface area contributed by atoms with Crippen LogP contribution in [0.2, 0.25) is 0 Å². The van der Waals surface area contributed by atoms with Gasteiger partial charge < -0.3 is 24.4 Å². The minimum absolute atomic E-state index is 0.0653. The van der Waals surface area contributed by atoms with Gasteiger partial charge in [-0.15, -0.1) is 0 Å². The molecule has 2 aliphatic heterocycles. The van der Waals surface area contributed by atoms with E-state index < -0.39 is 0 Å². The van der Waals surface area contributed by atoms with Gasteiger partial charge in [-0.1, -0.05) is 12.1 Å². The van der Waals surface area contributed by atoms with E-state index in [1.165, 1.54) is 0 Å². The molecule has 1 atom stereocenters. The number of nitrogens with one attached hydrogen (secondary N) is 1. The van der Waals surface area contributed by atoms with E-state index in [1.54, 1.807) is 18.1 Å². The molecule has 2 aromatic rings. The number of amides is 2. The normalized spacial score (nSPS) is 17.0. The molecule has 4 rings (SSSR count). The summed E-state index contributed by atoms with van der Waals surface area (Å²) in [5.41, 5.74) is 2.08. The summed E-state index contributed by atoms with van der Waals surface area (Å²) in [5, 5.41) is 3.07. The summed E-state index contributed by atoms with van der Waals surface area (Å²) in [6.45, 7) is 4.31. The maximum absolute atomic E-state index is 12.7. The summed E-state index contributed by atoms with van der Waals surface area (Å²) in [6.07, 6.45) is 3.63. The van der Waals surface area contributed by atoms with Crippen molar-refractivity contribution in [2.75, 3.05) is 46.7 Å². The molecule has 0 aliphatic carbocycles. The first-order valence-electron chi connectivity index (χ1n) is 9.80. The van der Waals surface area contributed by atoms with Crippen LogP contribution in [0.25, 0.3) is 0 Å². The molecule has 154 valence electrons. The standard InChI is InChI=1S/C21H26N4O4/c1-24(14-16-4-5-19-20(11-16)29-15-28-19)21(26)23-13-18(17-3-2-6-22-12-17)25-7-9-27-10-8-25/h2-6,11-12,18H,7-10,13-15H2,1H3,(H,23,26). The lowest BCUT2D eigenvalue weighted by Gasteiger charge is -2.35. The number of pyridine rings is 1. The minimum atomic E-state index is -0.121. The predicted molar refractivity (Wildman–Crippen MR) is 107 cm³/mol. The fourth-order valence-corrected chi connectivity index (χ4v) is 3.62. The van der Waals surface area contributed by atoms with Crippen molar-refractivity contribution >= 4 is 6.03 Å². The third-order valence-corrected chi connectivity index (χ3v) is 5.21. The first-order chi connectivity index (χ1) is 14.2. The van der Waals surface area contributed by atoms with E-state index in [0.717, 1.165) is 35.7 Å². The Morgan fingerprint density at radius 2 is 2.07 bits per heavy atom. The van der Waals surface area contributed by atoms with Crippen LogP contribution >= 0.6 is 0 Å². The van der Waals surface area contributed by atoms with E-state index in [2.05, 4.69) is 21.3 Å². The largest absolute Gasteiger partial charge is 0.454 e. The highest BCUT2D eigenvalue weighted by Crippen LogP contribution is 2.32. The molecule has 2 amide bonds. The summed E-state index contributed by atoms with van der Waals surface area (Å²) in [4.78, 5) is 20.9. The number of benzene rings is 1. The number of nitrogens with zero attached hydrogens (tertiary/aromatic N) is 3. The second-order valence-corrected chi connectivity index (χ2v) is 7.18. The molecular weight excluding hydrogens is 372 g/mol. The Bertz CT molecular complexity index is 827. The van der Waals surface area contributed by atoms with Crippen LogP contribution in [-0.2, 0) is 11.3 Å². The van der Waals surface area contributed by atoms with E-state index >= 15 is 0 Å². The van der Waals surface area contributed by atoms with Gasteiger partial charge >= 0.3 is 6.03 Å². The van der Waals surface area contributed by atoms with Crippen LogP contribution in [0.5, 0.6) is 11.5 Å². The topological polar surface area (TPSA) is 76.2 Å². The van der Waals surface area contributed by atoms with Crippen molar-refractivity contribution in [2.24, 2.45) is 0 Å². The van der Waals surface area contributed by atoms with E-state index in [1.807, 2.05) is 30.5 Å². The molecule has 0 saturated carbocycles. The van der Waals surface area contributed by atoms with Gasteiger partial charge in [0.1, 0.15) is 0 Å². The third kappa shape index (κ3) is 4.78. The first-order valence-corrected chi connectivity index (χ1v) is 9.80. The van der Waals surface area contributed by atoms with E-state index in [4.69, 9.17) is 14.2 Å². The molecule has 1 fully saturated rings. The number of rotatable bonds is 6. The quantitative estimate of drug-likeness (QED) is 0.802. The molecule has 8 nitrogen and oxygen atoms in total. The lowest BCUT2D eigenvalue weighted by molar-refractivity contribution is 0.0164. The molecule has 1 saturated heterocycles. The van der Waals surface area contributed by atoms with Crippen molar-refractivity contribution in [3.8, 4) is 11.5 Å². The van der Waals surface area contributed by atoms with Crippen LogP contribution in [0, 0.1) is 0 Å². The zero-order chi connectivity index (χ0) is 20.1. The molecule has 0 radical (unpaired) electrons. The number of morpholine rings is 1. The van der Waals surface area contributed by atoms with Crippen LogP contribution in [-0.4, -0.2) is 67.5 Å². The molecule has 1 aromatic carbocycles. The molecule has 1 N–H and O–H groups in total. The van der Waals surface area contributed by atoms with Gasteiger partial charge in [-0.25, -0.2) is 4.79 Å². The van der Waals surface area contributed by atoms with Crippen molar-refractivity contribution in [1.82, 2.24) is 20.1 Å². The fourth-order valence-electron chi connectivity index (χ4n) is 3.62. The Balaban J connectivity index is 1.36. The van der Waals surface area contributed by atoms with Crippen LogP contribution in [0.1, 0.15) is 17.2 Å². The van der Waals surface area contributed by atoms with Gasteiger partial charge in [-0.2, -0.15) is 0 Å². The highest BCUT2D eigenvalue weighted by Gasteiger charge is 2.24. The zero-order valence-corrected chi connectivity index (χ0v) is 16.5. The first kappa shape index (κ1) is 19.5. The Hall–Kier alpha value is -2.84. The van der Waals surface area contributed by atoms with E-state index in [9.17, 15) is 4.79 Å². The average Bonchev–Trinajstić information content (AvgIpc) is 3.23. The number of hydrogen-bond donors (Lipinski definition) is 1. The highest BCUT2D eigenvalue weighted by atomic mass is 16.7. The molecule has 0 spiro atoms. The number of carbonyl (C=O) groups excluding carboxylic acids is 1. The Kier molecular flexibility index (Phi) is 6.12. The average molecular weight is 398 g/mol. The molecular formula is C21H26N4O4. The van der Waals surface area contributed by atoms with E-state index in [0.29, 0.717) is 26.3 Å². The maximum atomic E-state index is 12.7. The molecule has 2 aliphatic rings. The van der Waals surface area contributed by atoms with Crippen LogP contribution in [0.15, 0.2) is 42.7 Å². The van der Waals surface area contributed by atoms with Crippen molar-refractivity contribution in [2.45, 2.75) is 12.6 Å². The van der Waals surface area contributed by atoms with Gasteiger partial charge in [-0.05, 0) is 29.3 Å². The van der Waals surface area contributed by atoms with Gasteiger partial charge in [0.25, 0.3) is 0 Å². The molecule has 3 heterocycles. The third-order valence-electron chi connectivity index (χ3n) is 5.21. The molecule has 1 unspecified atom stereocenters. The minimum Gasteiger partial charge on any atom is -0.454 e. The van der Waals surface area contributed by atoms with Crippen LogP contribution < -0.4 is 14.8 Å². The summed E-state index contributed by atoms with van der Waals surface area (Å²) in [6, 6.07) is 9.66. The number of fused-ring (bicyclic) bond motifs is 1. The summed E-state index contributed by atoms with van der Waals surface area (Å²) in [5.74, 6) is 1.46. The summed E-state index contributed by atoms with van der Waals surface area (Å²) >= 11 is 0. The SMILES string of the molecule is CN(Cc1ccc2c(c1)OCO2)C(=O)NCC(c1cccnc1)N1CCOCC1. The number of carbonyl (C=O) groups is 1. The van der Waals surface area contributed by atoms with Gasteiger partial charge in [0.2, 0.25) is 6.79 Å². The highest BCUT2D eigenvalue weighted by molar-refractivity contribution is 5.74. The molecule has 29 heavy (non-hydrogen) atoms. The second kappa shape index (κ2) is 9.11. The maximum Gasteiger partial charge on any atom is 0.317 e. The Morgan fingerprint density at radius 3 is 2.86 bits per heavy atom. The van der Waals surface area contributed by atoms with Gasteiger partial charge in [0, 0.05) is 45.6 Å². The number of urea groups is 1. The van der Waals surface area contributed by atoms with Gasteiger partial charge in [0.05, 0.1) is 19.3 Å². The zero-order valence-electron chi connectivity index (χ0n) is 16.5. The second-order valence-electron chi connectivity index (χ2n) is 7.18. The van der Waals surface area contributed by atoms with Crippen molar-refractivity contribution in [3.05, 3.63) is 53.9 Å². The van der Waals surface area contributed by atoms with Crippen molar-refractivity contribution in [3.63, 3.8) is 0 Å². The summed E-state index contributed by atoms with van der Waals surface area (Å²) in [7, 11) is 1.79. The van der Waals surface area contributed by atoms with Crippen LogP contribution in [0.4, 0.5) is 4.79 Å². The Labute approximate surface area is 170 Å². The monoisotopic (exact) mass is 398 g/mol. The Morgan fingerprint density at radius 1 is 1.24 bits per heavy atom. The van der Waals surface area contributed by atoms with Crippen molar-refractivity contribution in [1.29, 1.82) is 0 Å². The molecule has 1 aromatic heterocycles. The number of ether oxygens (including phenoxy) is 3. The van der Waals surface area contributed by atoms with Crippen LogP contribution in [0.3, 0.4) is 0 Å². The lowest BCUT2D eigenvalue weighted by Crippen LogP contribution is -2.46. The van der Waals surface area contributed by atoms with Gasteiger partial charge in [-0.3, -0.25) is 9.88 Å². The number of aromatic nitrogens is 1. The predicted octanol–water partition coefficient (Wildman–Crippen LogP) is 2.03. The summed E-state index contributed by atoms with van der Waals surface area (Å²) < 4.78 is 16.2. The van der Waals surface area contributed by atoms with Gasteiger partial charge in [0.15, 0.2) is 11.5 Å². The smallest absolute Gasteiger partial charge is 0.317 e. The molecule has 0 bridgehead atoms. The molecule has 8 heteroatoms. The van der Waals surface area contributed by atoms with Crippen molar-refractivity contribution < 1.29 is 19.0 Å².